The van der Waals surface area contributed by atoms with Crippen LogP contribution < -0.4 is 10.9 Å². The van der Waals surface area contributed by atoms with Crippen molar-refractivity contribution in [3.8, 4) is 11.8 Å². The Morgan fingerprint density at radius 2 is 2.06 bits per heavy atom. The first-order valence-electron chi connectivity index (χ1n) is 10.8. The summed E-state index contributed by atoms with van der Waals surface area (Å²) >= 11 is 0. The lowest BCUT2D eigenvalue weighted by molar-refractivity contribution is 0.101. The number of hydrogen-bond acceptors (Lipinski definition) is 8. The maximum absolute atomic E-state index is 12.9. The van der Waals surface area contributed by atoms with E-state index in [0.717, 1.165) is 22.5 Å². The van der Waals surface area contributed by atoms with Crippen LogP contribution in [0.25, 0.3) is 0 Å². The van der Waals surface area contributed by atoms with E-state index in [0.29, 0.717) is 5.56 Å². The second-order valence-corrected chi connectivity index (χ2v) is 8.21. The van der Waals surface area contributed by atoms with E-state index in [4.69, 9.17) is 4.52 Å². The van der Waals surface area contributed by atoms with Gasteiger partial charge in [0.1, 0.15) is 17.8 Å². The van der Waals surface area contributed by atoms with Crippen LogP contribution in [-0.2, 0) is 7.05 Å². The number of H-pyrrole nitrogens is 1. The summed E-state index contributed by atoms with van der Waals surface area (Å²) in [7, 11) is 1.48. The van der Waals surface area contributed by atoms with E-state index in [1.54, 1.807) is 12.1 Å². The van der Waals surface area contributed by atoms with Crippen LogP contribution in [0.2, 0.25) is 0 Å². The number of aromatic amines is 1. The van der Waals surface area contributed by atoms with Crippen molar-refractivity contribution in [3.63, 3.8) is 0 Å². The van der Waals surface area contributed by atoms with Crippen molar-refractivity contribution in [2.24, 2.45) is 7.05 Å². The van der Waals surface area contributed by atoms with E-state index < -0.39 is 34.7 Å². The summed E-state index contributed by atoms with van der Waals surface area (Å²) in [6.07, 6.45) is 2.48. The number of aryl methyl sites for hydroxylation is 2. The Kier molecular flexibility index (Phi) is 6.20. The van der Waals surface area contributed by atoms with Gasteiger partial charge in [-0.1, -0.05) is 30.3 Å². The molecule has 4 rings (SSSR count). The Hall–Kier alpha value is -4.72. The summed E-state index contributed by atoms with van der Waals surface area (Å²) in [6.45, 7) is 5.59. The zero-order chi connectivity index (χ0) is 25.3. The predicted octanol–water partition coefficient (Wildman–Crippen LogP) is 2.87. The summed E-state index contributed by atoms with van der Waals surface area (Å²) in [5.74, 6) is -2.24. The van der Waals surface area contributed by atoms with Gasteiger partial charge in [0.05, 0.1) is 23.5 Å². The van der Waals surface area contributed by atoms with E-state index in [1.165, 1.54) is 24.1 Å². The fraction of sp³-hybridized carbons (Fsp3) is 0.250. The largest absolute Gasteiger partial charge is 0.501 e. The third-order valence-corrected chi connectivity index (χ3v) is 6.03. The van der Waals surface area contributed by atoms with Crippen molar-refractivity contribution < 1.29 is 14.4 Å². The number of nitrogens with zero attached hydrogens (tertiary/aromatic N) is 5. The highest BCUT2D eigenvalue weighted by Crippen LogP contribution is 2.41. The fourth-order valence-corrected chi connectivity index (χ4v) is 4.34. The lowest BCUT2D eigenvalue weighted by Crippen LogP contribution is -2.29. The van der Waals surface area contributed by atoms with Crippen LogP contribution in [0.15, 0.2) is 46.0 Å². The molecule has 0 unspecified atom stereocenters. The number of nitriles is 1. The monoisotopic (exact) mass is 473 g/mol. The third kappa shape index (κ3) is 4.17. The minimum Gasteiger partial charge on any atom is -0.501 e. The zero-order valence-electron chi connectivity index (χ0n) is 19.5. The Balaban J connectivity index is 1.90. The lowest BCUT2D eigenvalue weighted by atomic mass is 9.78. The number of anilines is 1. The number of carbonyl (C=O) groups is 1. The van der Waals surface area contributed by atoms with Gasteiger partial charge in [0.15, 0.2) is 5.69 Å². The molecule has 0 bridgehead atoms. The quantitative estimate of drug-likeness (QED) is 0.385. The molecule has 11 nitrogen and oxygen atoms in total. The smallest absolute Gasteiger partial charge is 0.296 e. The molecule has 0 aliphatic carbocycles. The second kappa shape index (κ2) is 9.26. The Bertz CT molecular complexity index is 1480. The molecule has 3 heterocycles. The number of nitrogens with one attached hydrogen (secondary N) is 2. The molecule has 3 N–H and O–H groups in total. The molecule has 0 fully saturated rings. The Morgan fingerprint density at radius 1 is 1.31 bits per heavy atom. The number of rotatable bonds is 6. The van der Waals surface area contributed by atoms with Crippen molar-refractivity contribution in [1.82, 2.24) is 24.9 Å². The molecule has 0 aliphatic rings. The molecular weight excluding hydrogens is 450 g/mol. The second-order valence-electron chi connectivity index (χ2n) is 8.21. The summed E-state index contributed by atoms with van der Waals surface area (Å²) in [4.78, 5) is 30.2. The van der Waals surface area contributed by atoms with Gasteiger partial charge >= 0.3 is 0 Å². The molecule has 1 amide bonds. The maximum atomic E-state index is 12.9. The number of aromatic nitrogens is 5. The van der Waals surface area contributed by atoms with Crippen LogP contribution in [0, 0.1) is 25.2 Å². The fourth-order valence-electron chi connectivity index (χ4n) is 4.34. The molecule has 3 aromatic heterocycles. The molecular formula is C24H23N7O4. The number of carbonyl (C=O) groups excluding carboxylic acids is 1. The van der Waals surface area contributed by atoms with Crippen molar-refractivity contribution in [1.29, 1.82) is 5.26 Å². The third-order valence-electron chi connectivity index (χ3n) is 6.03. The molecule has 1 aromatic carbocycles. The first-order chi connectivity index (χ1) is 16.7. The first kappa shape index (κ1) is 23.4. The molecule has 178 valence electrons. The van der Waals surface area contributed by atoms with Gasteiger partial charge in [-0.25, -0.2) is 4.98 Å². The van der Waals surface area contributed by atoms with Crippen LogP contribution in [0.1, 0.15) is 63.2 Å². The molecule has 0 aliphatic heterocycles. The highest BCUT2D eigenvalue weighted by Gasteiger charge is 2.33. The Morgan fingerprint density at radius 3 is 2.69 bits per heavy atom. The van der Waals surface area contributed by atoms with Gasteiger partial charge in [0.25, 0.3) is 11.5 Å². The van der Waals surface area contributed by atoms with Crippen LogP contribution in [0.5, 0.6) is 5.75 Å². The maximum Gasteiger partial charge on any atom is 0.296 e. The molecule has 0 saturated heterocycles. The van der Waals surface area contributed by atoms with Crippen molar-refractivity contribution in [3.05, 3.63) is 86.7 Å². The zero-order valence-corrected chi connectivity index (χ0v) is 19.5. The number of aromatic hydroxyl groups is 1. The molecule has 0 radical (unpaired) electrons. The number of benzene rings is 1. The molecule has 0 spiro atoms. The lowest BCUT2D eigenvalue weighted by Gasteiger charge is -2.27. The average molecular weight is 473 g/mol. The highest BCUT2D eigenvalue weighted by atomic mass is 16.5. The summed E-state index contributed by atoms with van der Waals surface area (Å²) in [5, 5.41) is 33.5. The number of hydrogen-bond donors (Lipinski definition) is 3. The Labute approximate surface area is 200 Å². The summed E-state index contributed by atoms with van der Waals surface area (Å²) < 4.78 is 5.91. The van der Waals surface area contributed by atoms with Gasteiger partial charge in [-0.2, -0.15) is 10.4 Å². The average Bonchev–Trinajstić information content (AvgIpc) is 3.48. The van der Waals surface area contributed by atoms with Crippen LogP contribution >= 0.6 is 0 Å². The van der Waals surface area contributed by atoms with Crippen LogP contribution in [0.4, 0.5) is 5.69 Å². The molecule has 11 heteroatoms. The van der Waals surface area contributed by atoms with Crippen LogP contribution in [-0.4, -0.2) is 35.9 Å². The molecule has 35 heavy (non-hydrogen) atoms. The number of amides is 1. The molecule has 2 atom stereocenters. The minimum atomic E-state index is -0.790. The standard InChI is InChI=1S/C24H23N7O4/c1-12(18(19-13(2)29-30-14(19)3)17-8-6-5-7-15(17)9-25)22-28-20(21(32)24(34)31(22)4)23(33)27-16-10-26-35-11-16/h5-8,10-12,18,32H,1-4H3,(H,27,33)(H,29,30)/t12-,18-/m0/s1. The predicted molar refractivity (Wildman–Crippen MR) is 125 cm³/mol. The first-order valence-corrected chi connectivity index (χ1v) is 10.8. The normalized spacial score (nSPS) is 12.7. The highest BCUT2D eigenvalue weighted by molar-refractivity contribution is 6.04. The van der Waals surface area contributed by atoms with Crippen molar-refractivity contribution in [2.45, 2.75) is 32.6 Å². The van der Waals surface area contributed by atoms with Gasteiger partial charge in [0.2, 0.25) is 5.75 Å². The van der Waals surface area contributed by atoms with Gasteiger partial charge in [0, 0.05) is 30.1 Å². The van der Waals surface area contributed by atoms with E-state index in [9.17, 15) is 20.0 Å². The van der Waals surface area contributed by atoms with E-state index in [-0.39, 0.29) is 11.5 Å². The minimum absolute atomic E-state index is 0.247. The van der Waals surface area contributed by atoms with Gasteiger partial charge in [-0.3, -0.25) is 19.3 Å². The SMILES string of the molecule is Cc1n[nH]c(C)c1[C@H](c1ccccc1C#N)[C@H](C)c1nc(C(=O)Nc2cnoc2)c(O)c(=O)n1C. The van der Waals surface area contributed by atoms with Crippen molar-refractivity contribution >= 4 is 11.6 Å². The molecule has 4 aromatic rings. The van der Waals surface area contributed by atoms with E-state index in [1.807, 2.05) is 32.9 Å². The summed E-state index contributed by atoms with van der Waals surface area (Å²) in [5.41, 5.74) is 2.65. The molecule has 0 saturated carbocycles. The van der Waals surface area contributed by atoms with Gasteiger partial charge < -0.3 is 14.9 Å². The van der Waals surface area contributed by atoms with Gasteiger partial charge in [-0.05, 0) is 25.5 Å². The summed E-state index contributed by atoms with van der Waals surface area (Å²) in [6, 6.07) is 9.42. The van der Waals surface area contributed by atoms with Crippen LogP contribution in [0.3, 0.4) is 0 Å². The topological polar surface area (TPSA) is 163 Å². The van der Waals surface area contributed by atoms with Gasteiger partial charge in [-0.15, -0.1) is 0 Å². The van der Waals surface area contributed by atoms with E-state index in [2.05, 4.69) is 31.7 Å². The van der Waals surface area contributed by atoms with E-state index >= 15 is 0 Å². The van der Waals surface area contributed by atoms with Crippen molar-refractivity contribution in [2.75, 3.05) is 5.32 Å².